The van der Waals surface area contributed by atoms with Gasteiger partial charge in [0.15, 0.2) is 5.96 Å². The van der Waals surface area contributed by atoms with Gasteiger partial charge in [0.1, 0.15) is 5.75 Å². The van der Waals surface area contributed by atoms with E-state index in [2.05, 4.69) is 20.3 Å². The molecule has 10 nitrogen and oxygen atoms in total. The Labute approximate surface area is 205 Å². The third kappa shape index (κ3) is 8.96. The number of benzene rings is 2. The molecule has 0 aromatic heterocycles. The lowest BCUT2D eigenvalue weighted by molar-refractivity contribution is -0.385. The molecule has 2 rings (SSSR count). The van der Waals surface area contributed by atoms with Crippen molar-refractivity contribution in [1.82, 2.24) is 15.4 Å². The zero-order valence-electron chi connectivity index (χ0n) is 17.9. The lowest BCUT2D eigenvalue weighted by atomic mass is 10.1. The second kappa shape index (κ2) is 13.9. The van der Waals surface area contributed by atoms with Gasteiger partial charge in [-0.05, 0) is 37.1 Å². The van der Waals surface area contributed by atoms with Gasteiger partial charge in [-0.25, -0.2) is 13.1 Å². The van der Waals surface area contributed by atoms with E-state index in [1.165, 1.54) is 18.2 Å². The zero-order valence-corrected chi connectivity index (χ0v) is 21.1. The standard InChI is InChI=1S/C20H27N5O5S.HI/c1-3-21-20(22-12-11-16-7-9-18(30-2)10-8-16)23-13-14-24-31(28,29)19-6-4-5-17(15-19)25(26)27;/h4-10,15,24H,3,11-14H2,1-2H3,(H2,21,22,23);1H. The van der Waals surface area contributed by atoms with Crippen molar-refractivity contribution in [2.45, 2.75) is 18.2 Å². The Balaban J connectivity index is 0.00000512. The van der Waals surface area contributed by atoms with Crippen LogP contribution in [0.15, 0.2) is 58.4 Å². The Morgan fingerprint density at radius 3 is 2.47 bits per heavy atom. The van der Waals surface area contributed by atoms with Crippen molar-refractivity contribution >= 4 is 45.6 Å². The maximum atomic E-state index is 12.3. The molecule has 0 aliphatic carbocycles. The molecule has 2 aromatic carbocycles. The van der Waals surface area contributed by atoms with Crippen LogP contribution >= 0.6 is 24.0 Å². The summed E-state index contributed by atoms with van der Waals surface area (Å²) in [5.41, 5.74) is 0.866. The number of hydrogen-bond donors (Lipinski definition) is 3. The van der Waals surface area contributed by atoms with Crippen molar-refractivity contribution in [2.24, 2.45) is 4.99 Å². The first-order chi connectivity index (χ1) is 14.9. The first-order valence-electron chi connectivity index (χ1n) is 9.75. The molecule has 12 heteroatoms. The minimum atomic E-state index is -3.86. The lowest BCUT2D eigenvalue weighted by Gasteiger charge is -2.12. The number of aliphatic imine (C=N–C) groups is 1. The minimum Gasteiger partial charge on any atom is -0.497 e. The first-order valence-corrected chi connectivity index (χ1v) is 11.2. The number of nitrogens with zero attached hydrogens (tertiary/aromatic N) is 2. The highest BCUT2D eigenvalue weighted by Crippen LogP contribution is 2.17. The van der Waals surface area contributed by atoms with Gasteiger partial charge >= 0.3 is 0 Å². The van der Waals surface area contributed by atoms with Gasteiger partial charge in [0, 0.05) is 31.8 Å². The fourth-order valence-corrected chi connectivity index (χ4v) is 3.71. The second-order valence-corrected chi connectivity index (χ2v) is 8.20. The molecule has 3 N–H and O–H groups in total. The second-order valence-electron chi connectivity index (χ2n) is 6.44. The van der Waals surface area contributed by atoms with Crippen LogP contribution in [-0.2, 0) is 16.4 Å². The van der Waals surface area contributed by atoms with Gasteiger partial charge < -0.3 is 15.4 Å². The summed E-state index contributed by atoms with van der Waals surface area (Å²) in [5, 5.41) is 17.1. The molecule has 32 heavy (non-hydrogen) atoms. The molecule has 0 bridgehead atoms. The van der Waals surface area contributed by atoms with E-state index in [0.717, 1.165) is 23.8 Å². The molecule has 0 aliphatic rings. The van der Waals surface area contributed by atoms with Crippen molar-refractivity contribution in [3.8, 4) is 5.75 Å². The van der Waals surface area contributed by atoms with Crippen molar-refractivity contribution in [3.05, 3.63) is 64.2 Å². The third-order valence-corrected chi connectivity index (χ3v) is 5.68. The average Bonchev–Trinajstić information content (AvgIpc) is 2.77. The van der Waals surface area contributed by atoms with E-state index in [4.69, 9.17) is 4.74 Å². The molecule has 0 aliphatic heterocycles. The topological polar surface area (TPSA) is 135 Å². The number of methoxy groups -OCH3 is 1. The summed E-state index contributed by atoms with van der Waals surface area (Å²) in [5.74, 6) is 1.38. The molecule has 2 aromatic rings. The molecule has 0 atom stereocenters. The van der Waals surface area contributed by atoms with E-state index in [9.17, 15) is 18.5 Å². The molecule has 0 spiro atoms. The molecule has 0 fully saturated rings. The monoisotopic (exact) mass is 577 g/mol. The number of non-ortho nitro benzene ring substituents is 1. The van der Waals surface area contributed by atoms with Crippen LogP contribution in [0.25, 0.3) is 0 Å². The number of nitrogens with one attached hydrogen (secondary N) is 3. The molecule has 0 heterocycles. The number of hydrogen-bond acceptors (Lipinski definition) is 6. The SMILES string of the molecule is CCNC(=NCCNS(=O)(=O)c1cccc([N+](=O)[O-])c1)NCCc1ccc(OC)cc1.I. The Kier molecular flexibility index (Phi) is 11.9. The highest BCUT2D eigenvalue weighted by molar-refractivity contribution is 14.0. The molecule has 0 saturated heterocycles. The van der Waals surface area contributed by atoms with E-state index >= 15 is 0 Å². The maximum Gasteiger partial charge on any atom is 0.270 e. The van der Waals surface area contributed by atoms with Gasteiger partial charge in [-0.3, -0.25) is 15.1 Å². The molecule has 0 amide bonds. The first kappa shape index (κ1) is 27.6. The van der Waals surface area contributed by atoms with Gasteiger partial charge in [0.25, 0.3) is 5.69 Å². The van der Waals surface area contributed by atoms with Crippen LogP contribution in [0.1, 0.15) is 12.5 Å². The Morgan fingerprint density at radius 2 is 1.84 bits per heavy atom. The smallest absolute Gasteiger partial charge is 0.270 e. The van der Waals surface area contributed by atoms with E-state index in [-0.39, 0.29) is 47.6 Å². The summed E-state index contributed by atoms with van der Waals surface area (Å²) in [6, 6.07) is 12.7. The van der Waals surface area contributed by atoms with Crippen molar-refractivity contribution in [3.63, 3.8) is 0 Å². The van der Waals surface area contributed by atoms with Gasteiger partial charge in [-0.1, -0.05) is 18.2 Å². The number of sulfonamides is 1. The summed E-state index contributed by atoms with van der Waals surface area (Å²) >= 11 is 0. The molecule has 0 saturated carbocycles. The molecule has 0 unspecified atom stereocenters. The number of nitro groups is 1. The Morgan fingerprint density at radius 1 is 1.12 bits per heavy atom. The number of halogens is 1. The Bertz CT molecular complexity index is 1000. The number of guanidine groups is 1. The summed E-state index contributed by atoms with van der Waals surface area (Å²) in [6.45, 7) is 3.50. The summed E-state index contributed by atoms with van der Waals surface area (Å²) in [7, 11) is -2.24. The molecular weight excluding hydrogens is 549 g/mol. The number of nitro benzene ring substituents is 1. The quantitative estimate of drug-likeness (QED) is 0.0932. The lowest BCUT2D eigenvalue weighted by Crippen LogP contribution is -2.39. The molecule has 0 radical (unpaired) electrons. The normalized spacial score (nSPS) is 11.4. The van der Waals surface area contributed by atoms with Gasteiger partial charge in [-0.15, -0.1) is 24.0 Å². The van der Waals surface area contributed by atoms with Crippen LogP contribution in [0.2, 0.25) is 0 Å². The highest BCUT2D eigenvalue weighted by atomic mass is 127. The minimum absolute atomic E-state index is 0. The Hall–Kier alpha value is -2.45. The van der Waals surface area contributed by atoms with Gasteiger partial charge in [-0.2, -0.15) is 0 Å². The van der Waals surface area contributed by atoms with Crippen molar-refractivity contribution < 1.29 is 18.1 Å². The van der Waals surface area contributed by atoms with Crippen LogP contribution in [0.3, 0.4) is 0 Å². The summed E-state index contributed by atoms with van der Waals surface area (Å²) in [6.07, 6.45) is 0.786. The number of rotatable bonds is 11. The summed E-state index contributed by atoms with van der Waals surface area (Å²) < 4.78 is 32.2. The van der Waals surface area contributed by atoms with Crippen LogP contribution in [0.5, 0.6) is 5.75 Å². The third-order valence-electron chi connectivity index (χ3n) is 4.22. The van der Waals surface area contributed by atoms with Crippen molar-refractivity contribution in [1.29, 1.82) is 0 Å². The summed E-state index contributed by atoms with van der Waals surface area (Å²) in [4.78, 5) is 14.4. The van der Waals surface area contributed by atoms with Gasteiger partial charge in [0.05, 0.1) is 23.5 Å². The highest BCUT2D eigenvalue weighted by Gasteiger charge is 2.16. The molecule has 176 valence electrons. The predicted octanol–water partition coefficient (Wildman–Crippen LogP) is 2.30. The average molecular weight is 577 g/mol. The van der Waals surface area contributed by atoms with Crippen LogP contribution in [-0.4, -0.2) is 52.6 Å². The zero-order chi connectivity index (χ0) is 22.7. The maximum absolute atomic E-state index is 12.3. The molecular formula is C20H28IN5O5S. The van der Waals surface area contributed by atoms with Gasteiger partial charge in [0.2, 0.25) is 10.0 Å². The van der Waals surface area contributed by atoms with E-state index in [1.54, 1.807) is 7.11 Å². The van der Waals surface area contributed by atoms with Crippen LogP contribution < -0.4 is 20.1 Å². The fraction of sp³-hybridized carbons (Fsp3) is 0.350. The van der Waals surface area contributed by atoms with Crippen LogP contribution in [0.4, 0.5) is 5.69 Å². The van der Waals surface area contributed by atoms with Crippen LogP contribution in [0, 0.1) is 10.1 Å². The largest absolute Gasteiger partial charge is 0.497 e. The predicted molar refractivity (Wildman–Crippen MR) is 134 cm³/mol. The fourth-order valence-electron chi connectivity index (χ4n) is 2.65. The van der Waals surface area contributed by atoms with E-state index in [1.807, 2.05) is 31.2 Å². The van der Waals surface area contributed by atoms with E-state index in [0.29, 0.717) is 19.0 Å². The van der Waals surface area contributed by atoms with E-state index < -0.39 is 14.9 Å². The van der Waals surface area contributed by atoms with Crippen molar-refractivity contribution in [2.75, 3.05) is 33.3 Å². The number of ether oxygens (including phenoxy) is 1.